The highest BCUT2D eigenvalue weighted by atomic mass is 16.5. The molecule has 7 heteroatoms. The van der Waals surface area contributed by atoms with E-state index in [2.05, 4.69) is 10.1 Å². The van der Waals surface area contributed by atoms with Crippen LogP contribution in [-0.4, -0.2) is 38.2 Å². The molecular formula is C11H17N3O4. The lowest BCUT2D eigenvalue weighted by molar-refractivity contribution is -0.148. The van der Waals surface area contributed by atoms with Gasteiger partial charge in [-0.2, -0.15) is 5.10 Å². The molecule has 0 bridgehead atoms. The number of carboxylic acids is 1. The van der Waals surface area contributed by atoms with Crippen LogP contribution in [-0.2, 0) is 28.0 Å². The van der Waals surface area contributed by atoms with Gasteiger partial charge in [-0.05, 0) is 13.3 Å². The number of carboxylic acid groups (broad SMARTS) is 1. The van der Waals surface area contributed by atoms with Gasteiger partial charge in [0.2, 0.25) is 0 Å². The second-order valence-corrected chi connectivity index (χ2v) is 3.96. The number of aromatic nitrogens is 3. The highest BCUT2D eigenvalue weighted by Gasteiger charge is 2.23. The summed E-state index contributed by atoms with van der Waals surface area (Å²) < 4.78 is 6.74. The second-order valence-electron chi connectivity index (χ2n) is 3.96. The molecule has 1 atom stereocenters. The molecule has 0 aromatic carbocycles. The molecular weight excluding hydrogens is 238 g/mol. The predicted molar refractivity (Wildman–Crippen MR) is 61.8 cm³/mol. The van der Waals surface area contributed by atoms with Crippen LogP contribution in [0.3, 0.4) is 0 Å². The van der Waals surface area contributed by atoms with Gasteiger partial charge in [0.25, 0.3) is 0 Å². The van der Waals surface area contributed by atoms with Crippen LogP contribution in [0.2, 0.25) is 0 Å². The van der Waals surface area contributed by atoms with E-state index in [1.54, 1.807) is 25.6 Å². The third-order valence-electron chi connectivity index (χ3n) is 2.60. The van der Waals surface area contributed by atoms with Gasteiger partial charge in [-0.15, -0.1) is 0 Å². The maximum Gasteiger partial charge on any atom is 0.314 e. The zero-order valence-corrected chi connectivity index (χ0v) is 10.7. The smallest absolute Gasteiger partial charge is 0.314 e. The van der Waals surface area contributed by atoms with Crippen LogP contribution in [0.4, 0.5) is 0 Å². The standard InChI is InChI=1S/C11H17N3O4/c1-4-8(11(16)17)9(15)5-18-6-10-12-7(2)14(3)13-10/h8H,4-6H2,1-3H3,(H,16,17). The Labute approximate surface area is 105 Å². The molecule has 1 aromatic rings. The lowest BCUT2D eigenvalue weighted by Crippen LogP contribution is -2.26. The third kappa shape index (κ3) is 3.63. The quantitative estimate of drug-likeness (QED) is 0.705. The molecule has 1 rings (SSSR count). The zero-order valence-electron chi connectivity index (χ0n) is 10.7. The maximum absolute atomic E-state index is 11.5. The van der Waals surface area contributed by atoms with Crippen LogP contribution in [0.15, 0.2) is 0 Å². The van der Waals surface area contributed by atoms with E-state index >= 15 is 0 Å². The van der Waals surface area contributed by atoms with Gasteiger partial charge < -0.3 is 9.84 Å². The number of carbonyl (C=O) groups is 2. The number of hydrogen-bond acceptors (Lipinski definition) is 5. The van der Waals surface area contributed by atoms with E-state index in [-0.39, 0.29) is 19.6 Å². The summed E-state index contributed by atoms with van der Waals surface area (Å²) in [5.41, 5.74) is 0. The molecule has 0 spiro atoms. The minimum absolute atomic E-state index is 0.101. The fourth-order valence-corrected chi connectivity index (χ4v) is 1.47. The minimum Gasteiger partial charge on any atom is -0.481 e. The molecule has 0 radical (unpaired) electrons. The average Bonchev–Trinajstić information content (AvgIpc) is 2.58. The summed E-state index contributed by atoms with van der Waals surface area (Å²) in [4.78, 5) is 26.4. The Hall–Kier alpha value is -1.76. The SMILES string of the molecule is CCC(C(=O)O)C(=O)COCc1nc(C)n(C)n1. The van der Waals surface area contributed by atoms with Gasteiger partial charge in [-0.3, -0.25) is 14.3 Å². The molecule has 7 nitrogen and oxygen atoms in total. The van der Waals surface area contributed by atoms with Crippen LogP contribution >= 0.6 is 0 Å². The summed E-state index contributed by atoms with van der Waals surface area (Å²) in [5.74, 6) is -1.32. The van der Waals surface area contributed by atoms with Crippen molar-refractivity contribution in [1.29, 1.82) is 0 Å². The van der Waals surface area contributed by atoms with Crippen molar-refractivity contribution in [3.8, 4) is 0 Å². The molecule has 0 saturated carbocycles. The van der Waals surface area contributed by atoms with Crippen LogP contribution in [0.5, 0.6) is 0 Å². The zero-order chi connectivity index (χ0) is 13.7. The number of ketones is 1. The molecule has 1 heterocycles. The van der Waals surface area contributed by atoms with E-state index in [0.29, 0.717) is 5.82 Å². The molecule has 1 aromatic heterocycles. The van der Waals surface area contributed by atoms with Crippen molar-refractivity contribution >= 4 is 11.8 Å². The monoisotopic (exact) mass is 255 g/mol. The Morgan fingerprint density at radius 3 is 2.61 bits per heavy atom. The number of ether oxygens (including phenoxy) is 1. The average molecular weight is 255 g/mol. The fourth-order valence-electron chi connectivity index (χ4n) is 1.47. The molecule has 18 heavy (non-hydrogen) atoms. The minimum atomic E-state index is -1.11. The molecule has 1 N–H and O–H groups in total. The van der Waals surface area contributed by atoms with Crippen molar-refractivity contribution in [2.75, 3.05) is 6.61 Å². The van der Waals surface area contributed by atoms with Crippen molar-refractivity contribution < 1.29 is 19.4 Å². The highest BCUT2D eigenvalue weighted by Crippen LogP contribution is 2.05. The van der Waals surface area contributed by atoms with Crippen molar-refractivity contribution in [2.45, 2.75) is 26.9 Å². The number of Topliss-reactive ketones (excluding diaryl/α,β-unsaturated/α-hetero) is 1. The lowest BCUT2D eigenvalue weighted by Gasteiger charge is -2.07. The maximum atomic E-state index is 11.5. The van der Waals surface area contributed by atoms with Gasteiger partial charge >= 0.3 is 5.97 Å². The van der Waals surface area contributed by atoms with E-state index < -0.39 is 17.7 Å². The van der Waals surface area contributed by atoms with Gasteiger partial charge in [0.15, 0.2) is 11.6 Å². The number of aryl methyl sites for hydroxylation is 2. The molecule has 0 saturated heterocycles. The van der Waals surface area contributed by atoms with Gasteiger partial charge in [0.1, 0.15) is 25.0 Å². The Morgan fingerprint density at radius 2 is 2.17 bits per heavy atom. The molecule has 0 amide bonds. The topological polar surface area (TPSA) is 94.3 Å². The molecule has 100 valence electrons. The first kappa shape index (κ1) is 14.3. The van der Waals surface area contributed by atoms with Gasteiger partial charge in [-0.1, -0.05) is 6.92 Å². The number of aliphatic carboxylic acids is 1. The Kier molecular flexibility index (Phi) is 4.96. The van der Waals surface area contributed by atoms with E-state index in [1.807, 2.05) is 0 Å². The molecule has 0 aliphatic rings. The molecule has 1 unspecified atom stereocenters. The van der Waals surface area contributed by atoms with Crippen molar-refractivity contribution in [1.82, 2.24) is 14.8 Å². The van der Waals surface area contributed by atoms with Crippen molar-refractivity contribution in [3.63, 3.8) is 0 Å². The fraction of sp³-hybridized carbons (Fsp3) is 0.636. The normalized spacial score (nSPS) is 12.4. The lowest BCUT2D eigenvalue weighted by atomic mass is 10.0. The van der Waals surface area contributed by atoms with E-state index in [0.717, 1.165) is 5.82 Å². The number of carbonyl (C=O) groups excluding carboxylic acids is 1. The highest BCUT2D eigenvalue weighted by molar-refractivity contribution is 5.98. The van der Waals surface area contributed by atoms with Gasteiger partial charge in [0, 0.05) is 7.05 Å². The Bertz CT molecular complexity index is 422. The summed E-state index contributed by atoms with van der Waals surface area (Å²) in [6.45, 7) is 3.32. The largest absolute Gasteiger partial charge is 0.481 e. The number of nitrogens with zero attached hydrogens (tertiary/aromatic N) is 3. The molecule has 0 fully saturated rings. The first-order chi connectivity index (χ1) is 8.45. The number of rotatable bonds is 7. The van der Waals surface area contributed by atoms with Crippen molar-refractivity contribution in [2.24, 2.45) is 13.0 Å². The Morgan fingerprint density at radius 1 is 1.50 bits per heavy atom. The summed E-state index contributed by atoms with van der Waals surface area (Å²) in [6, 6.07) is 0. The third-order valence-corrected chi connectivity index (χ3v) is 2.60. The molecule has 0 aliphatic carbocycles. The first-order valence-electron chi connectivity index (χ1n) is 5.65. The van der Waals surface area contributed by atoms with Crippen molar-refractivity contribution in [3.05, 3.63) is 11.6 Å². The number of hydrogen-bond donors (Lipinski definition) is 1. The van der Waals surface area contributed by atoms with E-state index in [4.69, 9.17) is 9.84 Å². The first-order valence-corrected chi connectivity index (χ1v) is 5.65. The van der Waals surface area contributed by atoms with Crippen LogP contribution in [0.25, 0.3) is 0 Å². The van der Waals surface area contributed by atoms with E-state index in [1.165, 1.54) is 0 Å². The predicted octanol–water partition coefficient (Wildman–Crippen LogP) is 0.320. The van der Waals surface area contributed by atoms with Crippen LogP contribution in [0.1, 0.15) is 25.0 Å². The van der Waals surface area contributed by atoms with Gasteiger partial charge in [-0.25, -0.2) is 4.98 Å². The summed E-state index contributed by atoms with van der Waals surface area (Å²) >= 11 is 0. The second kappa shape index (κ2) is 6.25. The van der Waals surface area contributed by atoms with Crippen LogP contribution in [0, 0.1) is 12.8 Å². The van der Waals surface area contributed by atoms with Gasteiger partial charge in [0.05, 0.1) is 0 Å². The van der Waals surface area contributed by atoms with Crippen LogP contribution < -0.4 is 0 Å². The Balaban J connectivity index is 2.42. The summed E-state index contributed by atoms with van der Waals surface area (Å²) in [6.07, 6.45) is 0.262. The summed E-state index contributed by atoms with van der Waals surface area (Å²) in [7, 11) is 1.76. The molecule has 0 aliphatic heterocycles. The van der Waals surface area contributed by atoms with E-state index in [9.17, 15) is 9.59 Å². The summed E-state index contributed by atoms with van der Waals surface area (Å²) in [5, 5.41) is 12.9.